The van der Waals surface area contributed by atoms with Crippen LogP contribution in [0.3, 0.4) is 0 Å². The van der Waals surface area contributed by atoms with Crippen molar-refractivity contribution >= 4 is 11.3 Å². The lowest BCUT2D eigenvalue weighted by atomic mass is 10.1. The van der Waals surface area contributed by atoms with E-state index in [1.807, 2.05) is 14.0 Å². The van der Waals surface area contributed by atoms with Gasteiger partial charge in [0.1, 0.15) is 11.6 Å². The van der Waals surface area contributed by atoms with Crippen molar-refractivity contribution < 1.29 is 8.78 Å². The molecule has 0 aliphatic carbocycles. The molecule has 0 bridgehead atoms. The van der Waals surface area contributed by atoms with Gasteiger partial charge in [-0.05, 0) is 19.2 Å². The van der Waals surface area contributed by atoms with Crippen molar-refractivity contribution in [3.8, 4) is 11.3 Å². The summed E-state index contributed by atoms with van der Waals surface area (Å²) in [6, 6.07) is 3.84. The Morgan fingerprint density at radius 2 is 2.00 bits per heavy atom. The third-order valence-electron chi connectivity index (χ3n) is 2.67. The Bertz CT molecular complexity index is 519. The molecule has 1 aromatic carbocycles. The van der Waals surface area contributed by atoms with E-state index in [-0.39, 0.29) is 11.5 Å². The first-order valence-corrected chi connectivity index (χ1v) is 6.56. The van der Waals surface area contributed by atoms with Gasteiger partial charge in [0.2, 0.25) is 0 Å². The predicted octanol–water partition coefficient (Wildman–Crippen LogP) is 3.41. The molecule has 1 atom stereocenters. The molecule has 5 heteroatoms. The SMILES string of the molecule is CNCC(C)c1nc(-c2c(F)cccc2F)cs1. The monoisotopic (exact) mass is 268 g/mol. The molecule has 2 nitrogen and oxygen atoms in total. The second-order valence-electron chi connectivity index (χ2n) is 4.13. The minimum atomic E-state index is -0.576. The molecule has 0 saturated carbocycles. The fourth-order valence-corrected chi connectivity index (χ4v) is 2.63. The molecule has 2 rings (SSSR count). The van der Waals surface area contributed by atoms with Crippen molar-refractivity contribution in [2.24, 2.45) is 0 Å². The van der Waals surface area contributed by atoms with E-state index in [2.05, 4.69) is 10.3 Å². The Morgan fingerprint density at radius 3 is 2.61 bits per heavy atom. The third kappa shape index (κ3) is 2.57. The van der Waals surface area contributed by atoms with E-state index in [9.17, 15) is 8.78 Å². The number of aromatic nitrogens is 1. The fourth-order valence-electron chi connectivity index (χ4n) is 1.76. The molecule has 0 saturated heterocycles. The van der Waals surface area contributed by atoms with Crippen LogP contribution in [0.2, 0.25) is 0 Å². The summed E-state index contributed by atoms with van der Waals surface area (Å²) in [7, 11) is 1.86. The lowest BCUT2D eigenvalue weighted by molar-refractivity contribution is 0.588. The van der Waals surface area contributed by atoms with Crippen LogP contribution in [0.15, 0.2) is 23.6 Å². The Hall–Kier alpha value is -1.33. The van der Waals surface area contributed by atoms with Gasteiger partial charge in [0.05, 0.1) is 16.3 Å². The van der Waals surface area contributed by atoms with Crippen molar-refractivity contribution in [1.82, 2.24) is 10.3 Å². The number of thiazole rings is 1. The molecule has 1 aromatic heterocycles. The minimum absolute atomic E-state index is 0.0448. The number of benzene rings is 1. The van der Waals surface area contributed by atoms with Gasteiger partial charge < -0.3 is 5.32 Å². The summed E-state index contributed by atoms with van der Waals surface area (Å²) in [5, 5.41) is 5.63. The van der Waals surface area contributed by atoms with Crippen LogP contribution in [0.1, 0.15) is 17.8 Å². The molecule has 96 valence electrons. The van der Waals surface area contributed by atoms with Crippen LogP contribution in [0.5, 0.6) is 0 Å². The molecule has 1 unspecified atom stereocenters. The van der Waals surface area contributed by atoms with E-state index in [0.29, 0.717) is 5.69 Å². The molecule has 0 fully saturated rings. The number of halogens is 2. The van der Waals surface area contributed by atoms with E-state index in [1.54, 1.807) is 5.38 Å². The number of likely N-dealkylation sites (N-methyl/N-ethyl adjacent to an activating group) is 1. The number of hydrogen-bond donors (Lipinski definition) is 1. The maximum absolute atomic E-state index is 13.6. The van der Waals surface area contributed by atoms with Gasteiger partial charge in [0.15, 0.2) is 0 Å². The van der Waals surface area contributed by atoms with E-state index in [1.165, 1.54) is 29.5 Å². The summed E-state index contributed by atoms with van der Waals surface area (Å²) in [6.07, 6.45) is 0. The molecule has 1 heterocycles. The highest BCUT2D eigenvalue weighted by atomic mass is 32.1. The van der Waals surface area contributed by atoms with Crippen molar-refractivity contribution in [2.75, 3.05) is 13.6 Å². The van der Waals surface area contributed by atoms with Crippen LogP contribution in [0.25, 0.3) is 11.3 Å². The zero-order valence-electron chi connectivity index (χ0n) is 10.2. The molecule has 0 radical (unpaired) electrons. The van der Waals surface area contributed by atoms with E-state index in [4.69, 9.17) is 0 Å². The Morgan fingerprint density at radius 1 is 1.33 bits per heavy atom. The van der Waals surface area contributed by atoms with Crippen LogP contribution < -0.4 is 5.32 Å². The molecule has 0 spiro atoms. The average molecular weight is 268 g/mol. The summed E-state index contributed by atoms with van der Waals surface area (Å²) in [5.41, 5.74) is 0.324. The fraction of sp³-hybridized carbons (Fsp3) is 0.308. The van der Waals surface area contributed by atoms with Gasteiger partial charge >= 0.3 is 0 Å². The highest BCUT2D eigenvalue weighted by Crippen LogP contribution is 2.29. The average Bonchev–Trinajstić information content (AvgIpc) is 2.78. The van der Waals surface area contributed by atoms with Crippen LogP contribution in [0.4, 0.5) is 8.78 Å². The molecule has 1 N–H and O–H groups in total. The summed E-state index contributed by atoms with van der Waals surface area (Å²) >= 11 is 1.43. The van der Waals surface area contributed by atoms with Gasteiger partial charge in [-0.2, -0.15) is 0 Å². The largest absolute Gasteiger partial charge is 0.319 e. The highest BCUT2D eigenvalue weighted by Gasteiger charge is 2.16. The molecular formula is C13H14F2N2S. The van der Waals surface area contributed by atoms with E-state index >= 15 is 0 Å². The van der Waals surface area contributed by atoms with Crippen molar-refractivity contribution in [2.45, 2.75) is 12.8 Å². The van der Waals surface area contributed by atoms with E-state index < -0.39 is 11.6 Å². The topological polar surface area (TPSA) is 24.9 Å². The van der Waals surface area contributed by atoms with Gasteiger partial charge in [-0.25, -0.2) is 13.8 Å². The number of hydrogen-bond acceptors (Lipinski definition) is 3. The molecule has 0 amide bonds. The van der Waals surface area contributed by atoms with Crippen molar-refractivity contribution in [3.05, 3.63) is 40.2 Å². The van der Waals surface area contributed by atoms with Gasteiger partial charge in [-0.3, -0.25) is 0 Å². The lowest BCUT2D eigenvalue weighted by Gasteiger charge is -2.06. The Labute approximate surface area is 109 Å². The van der Waals surface area contributed by atoms with Crippen molar-refractivity contribution in [1.29, 1.82) is 0 Å². The number of nitrogens with one attached hydrogen (secondary N) is 1. The molecule has 18 heavy (non-hydrogen) atoms. The van der Waals surface area contributed by atoms with Crippen LogP contribution >= 0.6 is 11.3 Å². The van der Waals surface area contributed by atoms with Crippen LogP contribution in [0, 0.1) is 11.6 Å². The first kappa shape index (κ1) is 13.1. The standard InChI is InChI=1S/C13H14F2N2S/c1-8(6-16-2)13-17-11(7-18-13)12-9(14)4-3-5-10(12)15/h3-5,7-8,16H,6H2,1-2H3. The second kappa shape index (κ2) is 5.54. The zero-order chi connectivity index (χ0) is 13.1. The lowest BCUT2D eigenvalue weighted by Crippen LogP contribution is -2.14. The van der Waals surface area contributed by atoms with Gasteiger partial charge in [-0.15, -0.1) is 11.3 Å². The van der Waals surface area contributed by atoms with E-state index in [0.717, 1.165) is 11.6 Å². The Balaban J connectivity index is 2.35. The normalized spacial score (nSPS) is 12.7. The van der Waals surface area contributed by atoms with Crippen LogP contribution in [-0.2, 0) is 0 Å². The quantitative estimate of drug-likeness (QED) is 0.919. The second-order valence-corrected chi connectivity index (χ2v) is 5.02. The van der Waals surface area contributed by atoms with Gasteiger partial charge in [0, 0.05) is 17.8 Å². The third-order valence-corrected chi connectivity index (χ3v) is 3.75. The van der Waals surface area contributed by atoms with Crippen molar-refractivity contribution in [3.63, 3.8) is 0 Å². The molecule has 2 aromatic rings. The summed E-state index contributed by atoms with van der Waals surface area (Å²) in [4.78, 5) is 4.32. The summed E-state index contributed by atoms with van der Waals surface area (Å²) < 4.78 is 27.2. The highest BCUT2D eigenvalue weighted by molar-refractivity contribution is 7.10. The summed E-state index contributed by atoms with van der Waals surface area (Å²) in [5.74, 6) is -0.926. The maximum Gasteiger partial charge on any atom is 0.135 e. The molecule has 0 aliphatic heterocycles. The minimum Gasteiger partial charge on any atom is -0.319 e. The first-order chi connectivity index (χ1) is 8.63. The van der Waals surface area contributed by atoms with Crippen LogP contribution in [-0.4, -0.2) is 18.6 Å². The smallest absolute Gasteiger partial charge is 0.135 e. The zero-order valence-corrected chi connectivity index (χ0v) is 11.0. The summed E-state index contributed by atoms with van der Waals surface area (Å²) in [6.45, 7) is 2.81. The van der Waals surface area contributed by atoms with Gasteiger partial charge in [-0.1, -0.05) is 13.0 Å². The molecule has 0 aliphatic rings. The number of nitrogens with zero attached hydrogens (tertiary/aromatic N) is 1. The first-order valence-electron chi connectivity index (χ1n) is 5.68. The predicted molar refractivity (Wildman–Crippen MR) is 69.8 cm³/mol. The molecular weight excluding hydrogens is 254 g/mol. The number of rotatable bonds is 4. The Kier molecular flexibility index (Phi) is 4.04. The van der Waals surface area contributed by atoms with Gasteiger partial charge in [0.25, 0.3) is 0 Å². The maximum atomic E-state index is 13.6.